The second kappa shape index (κ2) is 8.79. The summed E-state index contributed by atoms with van der Waals surface area (Å²) < 4.78 is 16.2. The fraction of sp³-hybridized carbons (Fsp3) is 0.409. The zero-order valence-electron chi connectivity index (χ0n) is 17.4. The molecule has 0 spiro atoms. The zero-order chi connectivity index (χ0) is 21.3. The third-order valence-electron chi connectivity index (χ3n) is 5.52. The molecule has 1 aliphatic heterocycles. The molecule has 2 heterocycles. The maximum atomic E-state index is 14.1. The zero-order valence-corrected chi connectivity index (χ0v) is 18.2. The van der Waals surface area contributed by atoms with Gasteiger partial charge in [0.2, 0.25) is 5.95 Å². The van der Waals surface area contributed by atoms with Crippen LogP contribution in [0.3, 0.4) is 0 Å². The molecule has 1 aliphatic rings. The number of hydrogen-bond acceptors (Lipinski definition) is 5. The van der Waals surface area contributed by atoms with Gasteiger partial charge in [0.1, 0.15) is 11.3 Å². The fourth-order valence-corrected chi connectivity index (χ4v) is 4.31. The van der Waals surface area contributed by atoms with Crippen molar-refractivity contribution >= 4 is 34.3 Å². The highest BCUT2D eigenvalue weighted by Gasteiger charge is 2.20. The number of aryl methyl sites for hydroxylation is 2. The molecule has 30 heavy (non-hydrogen) atoms. The summed E-state index contributed by atoms with van der Waals surface area (Å²) >= 11 is 6.53. The summed E-state index contributed by atoms with van der Waals surface area (Å²) in [5.41, 5.74) is 10.9. The molecule has 0 radical (unpaired) electrons. The van der Waals surface area contributed by atoms with Crippen LogP contribution in [0, 0.1) is 19.7 Å². The number of aromatic nitrogens is 2. The Morgan fingerprint density at radius 3 is 2.53 bits per heavy atom. The summed E-state index contributed by atoms with van der Waals surface area (Å²) in [6, 6.07) is 7.73. The monoisotopic (exact) mass is 430 g/mol. The van der Waals surface area contributed by atoms with Crippen LogP contribution in [0.5, 0.6) is 0 Å². The van der Waals surface area contributed by atoms with Crippen molar-refractivity contribution in [3.8, 4) is 0 Å². The van der Waals surface area contributed by atoms with Gasteiger partial charge in [0.25, 0.3) is 0 Å². The Balaban J connectivity index is 1.83. The lowest BCUT2D eigenvalue weighted by molar-refractivity contribution is 0.590. The fourth-order valence-electron chi connectivity index (χ4n) is 4.11. The molecule has 160 valence electrons. The van der Waals surface area contributed by atoms with Crippen molar-refractivity contribution in [3.05, 3.63) is 51.8 Å². The number of nitrogens with two attached hydrogens (primary N) is 1. The molecule has 8 heteroatoms. The minimum atomic E-state index is -0.153. The Bertz CT molecular complexity index is 1030. The van der Waals surface area contributed by atoms with Crippen LogP contribution >= 0.6 is 11.6 Å². The van der Waals surface area contributed by atoms with Gasteiger partial charge in [-0.15, -0.1) is 0 Å². The van der Waals surface area contributed by atoms with E-state index in [4.69, 9.17) is 22.3 Å². The van der Waals surface area contributed by atoms with Gasteiger partial charge in [-0.1, -0.05) is 23.7 Å². The Hall–Kier alpha value is -2.35. The van der Waals surface area contributed by atoms with E-state index in [0.29, 0.717) is 35.8 Å². The number of anilines is 2. The molecule has 1 saturated heterocycles. The van der Waals surface area contributed by atoms with Crippen LogP contribution in [0.1, 0.15) is 16.7 Å². The van der Waals surface area contributed by atoms with Crippen LogP contribution in [-0.2, 0) is 6.54 Å². The van der Waals surface area contributed by atoms with Crippen LogP contribution in [-0.4, -0.2) is 48.8 Å². The lowest BCUT2D eigenvalue weighted by Gasteiger charge is -2.29. The average molecular weight is 431 g/mol. The molecule has 3 aromatic rings. The quantitative estimate of drug-likeness (QED) is 0.560. The predicted octanol–water partition coefficient (Wildman–Crippen LogP) is 3.27. The molecule has 1 fully saturated rings. The lowest BCUT2D eigenvalue weighted by atomic mass is 10.1. The molecule has 2 aromatic carbocycles. The van der Waals surface area contributed by atoms with Crippen molar-refractivity contribution in [2.45, 2.75) is 20.4 Å². The Labute approximate surface area is 181 Å². The van der Waals surface area contributed by atoms with Crippen LogP contribution < -0.4 is 21.3 Å². The topological polar surface area (TPSA) is 71.1 Å². The molecule has 0 aliphatic carbocycles. The van der Waals surface area contributed by atoms with Crippen LogP contribution in [0.15, 0.2) is 24.3 Å². The molecule has 4 rings (SSSR count). The van der Waals surface area contributed by atoms with E-state index in [1.807, 2.05) is 24.3 Å². The summed E-state index contributed by atoms with van der Waals surface area (Å²) in [5.74, 6) is 0.591. The van der Waals surface area contributed by atoms with Crippen molar-refractivity contribution < 1.29 is 4.39 Å². The van der Waals surface area contributed by atoms with Crippen molar-refractivity contribution in [2.24, 2.45) is 5.73 Å². The van der Waals surface area contributed by atoms with Gasteiger partial charge in [0, 0.05) is 44.3 Å². The highest BCUT2D eigenvalue weighted by atomic mass is 35.5. The number of benzene rings is 2. The van der Waals surface area contributed by atoms with Gasteiger partial charge >= 0.3 is 0 Å². The lowest BCUT2D eigenvalue weighted by Crippen LogP contribution is -2.43. The SMILES string of the molecule is Cc1cc(Cn2c(NCCN)nc3c(N4CCNCC4)cc(Cl)cc32)cc(C)c1F. The Morgan fingerprint density at radius 1 is 1.17 bits per heavy atom. The number of fused-ring (bicyclic) bond motifs is 1. The van der Waals surface area contributed by atoms with Gasteiger partial charge in [0.05, 0.1) is 17.7 Å². The van der Waals surface area contributed by atoms with Gasteiger partial charge in [-0.3, -0.25) is 0 Å². The minimum Gasteiger partial charge on any atom is -0.367 e. The molecular formula is C22H28ClFN6. The van der Waals surface area contributed by atoms with Crippen molar-refractivity contribution in [1.82, 2.24) is 14.9 Å². The van der Waals surface area contributed by atoms with Crippen molar-refractivity contribution in [3.63, 3.8) is 0 Å². The largest absolute Gasteiger partial charge is 0.367 e. The second-order valence-electron chi connectivity index (χ2n) is 7.81. The van der Waals surface area contributed by atoms with Gasteiger partial charge in [-0.05, 0) is 42.7 Å². The van der Waals surface area contributed by atoms with Crippen molar-refractivity contribution in [2.75, 3.05) is 49.5 Å². The normalized spacial score (nSPS) is 14.5. The molecule has 0 amide bonds. The van der Waals surface area contributed by atoms with Crippen LogP contribution in [0.4, 0.5) is 16.0 Å². The maximum Gasteiger partial charge on any atom is 0.204 e. The van der Waals surface area contributed by atoms with E-state index < -0.39 is 0 Å². The van der Waals surface area contributed by atoms with Crippen molar-refractivity contribution in [1.29, 1.82) is 0 Å². The van der Waals surface area contributed by atoms with Gasteiger partial charge in [-0.2, -0.15) is 0 Å². The summed E-state index contributed by atoms with van der Waals surface area (Å²) in [4.78, 5) is 7.25. The first-order valence-electron chi connectivity index (χ1n) is 10.3. The molecule has 0 saturated carbocycles. The number of nitrogens with zero attached hydrogens (tertiary/aromatic N) is 3. The average Bonchev–Trinajstić information content (AvgIpc) is 3.07. The van der Waals surface area contributed by atoms with E-state index in [-0.39, 0.29) is 5.82 Å². The third kappa shape index (κ3) is 4.10. The number of imidazole rings is 1. The second-order valence-corrected chi connectivity index (χ2v) is 8.25. The van der Waals surface area contributed by atoms with E-state index in [1.165, 1.54) is 0 Å². The predicted molar refractivity (Wildman–Crippen MR) is 122 cm³/mol. The van der Waals surface area contributed by atoms with E-state index >= 15 is 0 Å². The summed E-state index contributed by atoms with van der Waals surface area (Å²) in [6.07, 6.45) is 0. The summed E-state index contributed by atoms with van der Waals surface area (Å²) in [6.45, 7) is 8.95. The maximum absolute atomic E-state index is 14.1. The van der Waals surface area contributed by atoms with Gasteiger partial charge in [-0.25, -0.2) is 9.37 Å². The van der Waals surface area contributed by atoms with Crippen LogP contribution in [0.2, 0.25) is 5.02 Å². The van der Waals surface area contributed by atoms with Gasteiger partial charge < -0.3 is 25.8 Å². The summed E-state index contributed by atoms with van der Waals surface area (Å²) in [5, 5.41) is 7.40. The molecule has 4 N–H and O–H groups in total. The molecule has 1 aromatic heterocycles. The molecular weight excluding hydrogens is 403 g/mol. The Morgan fingerprint density at radius 2 is 1.87 bits per heavy atom. The summed E-state index contributed by atoms with van der Waals surface area (Å²) in [7, 11) is 0. The first kappa shape index (κ1) is 20.9. The highest BCUT2D eigenvalue weighted by Crippen LogP contribution is 2.33. The van der Waals surface area contributed by atoms with Gasteiger partial charge in [0.15, 0.2) is 0 Å². The van der Waals surface area contributed by atoms with E-state index in [2.05, 4.69) is 20.1 Å². The number of nitrogens with one attached hydrogen (secondary N) is 2. The standard InChI is InChI=1S/C22H28ClFN6/c1-14-9-16(10-15(2)20(14)24)13-30-19-12-17(23)11-18(29-7-5-26-6-8-29)21(19)28-22(30)27-4-3-25/h9-12,26H,3-8,13,25H2,1-2H3,(H,27,28). The molecule has 0 unspecified atom stereocenters. The van der Waals surface area contributed by atoms with Crippen LogP contribution in [0.25, 0.3) is 11.0 Å². The van der Waals surface area contributed by atoms with E-state index in [1.54, 1.807) is 13.8 Å². The highest BCUT2D eigenvalue weighted by molar-refractivity contribution is 6.31. The Kier molecular flexibility index (Phi) is 6.13. The number of hydrogen-bond donors (Lipinski definition) is 3. The first-order valence-corrected chi connectivity index (χ1v) is 10.7. The first-order chi connectivity index (χ1) is 14.5. The third-order valence-corrected chi connectivity index (χ3v) is 5.74. The minimum absolute atomic E-state index is 0.153. The molecule has 0 bridgehead atoms. The molecule has 0 atom stereocenters. The van der Waals surface area contributed by atoms with E-state index in [0.717, 1.165) is 54.4 Å². The molecule has 6 nitrogen and oxygen atoms in total. The number of halogens is 2. The number of rotatable bonds is 6. The number of piperazine rings is 1. The smallest absolute Gasteiger partial charge is 0.204 e. The van der Waals surface area contributed by atoms with E-state index in [9.17, 15) is 4.39 Å².